The molecule has 158 valence electrons. The number of carbonyl (C=O) groups excluding carboxylic acids is 2. The molecule has 2 aromatic rings. The summed E-state index contributed by atoms with van der Waals surface area (Å²) in [5.41, 5.74) is 1.64. The minimum absolute atomic E-state index is 0.0872. The molecule has 30 heavy (non-hydrogen) atoms. The van der Waals surface area contributed by atoms with Crippen molar-refractivity contribution in [3.8, 4) is 5.75 Å². The molecule has 0 bridgehead atoms. The largest absolute Gasteiger partial charge is 0.490 e. The van der Waals surface area contributed by atoms with Crippen LogP contribution in [0.2, 0.25) is 0 Å². The maximum absolute atomic E-state index is 12.2. The van der Waals surface area contributed by atoms with E-state index < -0.39 is 0 Å². The van der Waals surface area contributed by atoms with Crippen LogP contribution in [-0.2, 0) is 9.53 Å². The molecule has 7 heteroatoms. The van der Waals surface area contributed by atoms with E-state index in [1.54, 1.807) is 4.90 Å². The number of likely N-dealkylation sites (tertiary alicyclic amines) is 1. The van der Waals surface area contributed by atoms with Gasteiger partial charge in [-0.1, -0.05) is 18.2 Å². The fraction of sp³-hybridized carbons (Fsp3) is 0.391. The smallest absolute Gasteiger partial charge is 0.414 e. The Morgan fingerprint density at radius 2 is 1.80 bits per heavy atom. The predicted octanol–water partition coefficient (Wildman–Crippen LogP) is 3.51. The van der Waals surface area contributed by atoms with Gasteiger partial charge in [0.1, 0.15) is 18.0 Å². The average Bonchev–Trinajstić information content (AvgIpc) is 3.11. The molecular weight excluding hydrogens is 382 g/mol. The van der Waals surface area contributed by atoms with Crippen LogP contribution < -0.4 is 15.0 Å². The summed E-state index contributed by atoms with van der Waals surface area (Å²) in [4.78, 5) is 27.3. The SMILES string of the molecule is CC(=O)Nc1ccc(OC2CCN(C[C@@H]3CN(c4ccccc4)C(=O)O3)CC2)cc1. The third-order valence-corrected chi connectivity index (χ3v) is 5.42. The molecule has 2 fully saturated rings. The van der Waals surface area contributed by atoms with E-state index in [0.29, 0.717) is 6.54 Å². The Kier molecular flexibility index (Phi) is 6.18. The van der Waals surface area contributed by atoms with Crippen LogP contribution in [0.4, 0.5) is 16.2 Å². The van der Waals surface area contributed by atoms with E-state index in [-0.39, 0.29) is 24.2 Å². The van der Waals surface area contributed by atoms with E-state index in [1.807, 2.05) is 54.6 Å². The lowest BCUT2D eigenvalue weighted by Crippen LogP contribution is -2.42. The van der Waals surface area contributed by atoms with Crippen molar-refractivity contribution >= 4 is 23.4 Å². The number of ether oxygens (including phenoxy) is 2. The van der Waals surface area contributed by atoms with Gasteiger partial charge in [0, 0.05) is 37.9 Å². The maximum Gasteiger partial charge on any atom is 0.414 e. The number of para-hydroxylation sites is 1. The van der Waals surface area contributed by atoms with Gasteiger partial charge in [-0.15, -0.1) is 0 Å². The molecule has 1 N–H and O–H groups in total. The first-order chi connectivity index (χ1) is 14.6. The Hall–Kier alpha value is -3.06. The molecule has 1 atom stereocenters. The molecule has 2 aliphatic heterocycles. The van der Waals surface area contributed by atoms with Gasteiger partial charge in [0.2, 0.25) is 5.91 Å². The minimum atomic E-state index is -0.271. The number of cyclic esters (lactones) is 1. The normalized spacial score (nSPS) is 20.1. The number of hydrogen-bond acceptors (Lipinski definition) is 5. The molecule has 0 radical (unpaired) electrons. The summed E-state index contributed by atoms with van der Waals surface area (Å²) in [5, 5.41) is 2.75. The highest BCUT2D eigenvalue weighted by Gasteiger charge is 2.34. The van der Waals surface area contributed by atoms with Crippen molar-refractivity contribution in [1.82, 2.24) is 4.90 Å². The monoisotopic (exact) mass is 409 g/mol. The second-order valence-electron chi connectivity index (χ2n) is 7.78. The van der Waals surface area contributed by atoms with Crippen molar-refractivity contribution in [3.05, 3.63) is 54.6 Å². The third-order valence-electron chi connectivity index (χ3n) is 5.42. The highest BCUT2D eigenvalue weighted by Crippen LogP contribution is 2.24. The van der Waals surface area contributed by atoms with Crippen molar-refractivity contribution in [2.45, 2.75) is 32.0 Å². The average molecular weight is 409 g/mol. The third kappa shape index (κ3) is 5.10. The van der Waals surface area contributed by atoms with Gasteiger partial charge in [0.25, 0.3) is 0 Å². The Bertz CT molecular complexity index is 864. The molecule has 2 heterocycles. The van der Waals surface area contributed by atoms with E-state index in [4.69, 9.17) is 9.47 Å². The molecule has 7 nitrogen and oxygen atoms in total. The number of anilines is 2. The number of amides is 2. The first-order valence-corrected chi connectivity index (χ1v) is 10.4. The van der Waals surface area contributed by atoms with Crippen LogP contribution in [0.25, 0.3) is 0 Å². The van der Waals surface area contributed by atoms with Crippen LogP contribution in [0.1, 0.15) is 19.8 Å². The lowest BCUT2D eigenvalue weighted by atomic mass is 10.1. The summed E-state index contributed by atoms with van der Waals surface area (Å²) in [6, 6.07) is 17.1. The summed E-state index contributed by atoms with van der Waals surface area (Å²) in [6.45, 7) is 4.64. The molecule has 2 saturated heterocycles. The second kappa shape index (κ2) is 9.17. The maximum atomic E-state index is 12.2. The quantitative estimate of drug-likeness (QED) is 0.791. The standard InChI is InChI=1S/C23H27N3O4/c1-17(27)24-18-7-9-20(10-8-18)29-21-11-13-25(14-12-21)15-22-16-26(23(28)30-22)19-5-3-2-4-6-19/h2-10,21-22H,11-16H2,1H3,(H,24,27)/t22-/m1/s1. The van der Waals surface area contributed by atoms with Crippen LogP contribution in [0.3, 0.4) is 0 Å². The van der Waals surface area contributed by atoms with Crippen molar-refractivity contribution in [2.24, 2.45) is 0 Å². The van der Waals surface area contributed by atoms with E-state index in [9.17, 15) is 9.59 Å². The number of benzene rings is 2. The molecule has 0 saturated carbocycles. The summed E-state index contributed by atoms with van der Waals surface area (Å²) in [5.74, 6) is 0.724. The van der Waals surface area contributed by atoms with Gasteiger partial charge in [-0.3, -0.25) is 14.6 Å². The van der Waals surface area contributed by atoms with E-state index >= 15 is 0 Å². The molecule has 2 aromatic carbocycles. The molecule has 0 aromatic heterocycles. The molecule has 0 unspecified atom stereocenters. The Morgan fingerprint density at radius 1 is 1.10 bits per heavy atom. The van der Waals surface area contributed by atoms with Gasteiger partial charge in [0.05, 0.1) is 6.54 Å². The molecule has 0 aliphatic carbocycles. The lowest BCUT2D eigenvalue weighted by Gasteiger charge is -2.33. The zero-order valence-electron chi connectivity index (χ0n) is 17.1. The number of nitrogens with one attached hydrogen (secondary N) is 1. The molecule has 0 spiro atoms. The number of piperidine rings is 1. The van der Waals surface area contributed by atoms with Crippen molar-refractivity contribution < 1.29 is 19.1 Å². The van der Waals surface area contributed by atoms with E-state index in [0.717, 1.165) is 49.6 Å². The van der Waals surface area contributed by atoms with Crippen LogP contribution in [0, 0.1) is 0 Å². The number of carbonyl (C=O) groups is 2. The topological polar surface area (TPSA) is 71.1 Å². The Labute approximate surface area is 176 Å². The van der Waals surface area contributed by atoms with Gasteiger partial charge in [-0.2, -0.15) is 0 Å². The van der Waals surface area contributed by atoms with Crippen LogP contribution in [0.5, 0.6) is 5.75 Å². The highest BCUT2D eigenvalue weighted by molar-refractivity contribution is 5.89. The molecule has 4 rings (SSSR count). The van der Waals surface area contributed by atoms with Crippen LogP contribution in [-0.4, -0.2) is 55.3 Å². The van der Waals surface area contributed by atoms with Crippen LogP contribution in [0.15, 0.2) is 54.6 Å². The second-order valence-corrected chi connectivity index (χ2v) is 7.78. The first kappa shape index (κ1) is 20.2. The summed E-state index contributed by atoms with van der Waals surface area (Å²) < 4.78 is 11.7. The van der Waals surface area contributed by atoms with E-state index in [1.165, 1.54) is 6.92 Å². The van der Waals surface area contributed by atoms with Crippen molar-refractivity contribution in [3.63, 3.8) is 0 Å². The predicted molar refractivity (Wildman–Crippen MR) is 115 cm³/mol. The molecule has 2 amide bonds. The number of nitrogens with zero attached hydrogens (tertiary/aromatic N) is 2. The summed E-state index contributed by atoms with van der Waals surface area (Å²) in [6.07, 6.45) is 1.64. The van der Waals surface area contributed by atoms with Gasteiger partial charge < -0.3 is 14.8 Å². The molecule has 2 aliphatic rings. The summed E-state index contributed by atoms with van der Waals surface area (Å²) >= 11 is 0. The van der Waals surface area contributed by atoms with Gasteiger partial charge >= 0.3 is 6.09 Å². The summed E-state index contributed by atoms with van der Waals surface area (Å²) in [7, 11) is 0. The lowest BCUT2D eigenvalue weighted by molar-refractivity contribution is -0.114. The van der Waals surface area contributed by atoms with Crippen molar-refractivity contribution in [2.75, 3.05) is 36.4 Å². The van der Waals surface area contributed by atoms with Gasteiger partial charge in [-0.05, 0) is 49.2 Å². The van der Waals surface area contributed by atoms with Gasteiger partial charge in [-0.25, -0.2) is 4.79 Å². The first-order valence-electron chi connectivity index (χ1n) is 10.4. The van der Waals surface area contributed by atoms with Crippen molar-refractivity contribution in [1.29, 1.82) is 0 Å². The zero-order valence-corrected chi connectivity index (χ0v) is 17.1. The number of hydrogen-bond donors (Lipinski definition) is 1. The zero-order chi connectivity index (χ0) is 20.9. The van der Waals surface area contributed by atoms with E-state index in [2.05, 4.69) is 10.2 Å². The molecular formula is C23H27N3O4. The van der Waals surface area contributed by atoms with Gasteiger partial charge in [0.15, 0.2) is 0 Å². The fourth-order valence-corrected chi connectivity index (χ4v) is 3.95. The van der Waals surface area contributed by atoms with Crippen LogP contribution >= 0.6 is 0 Å². The number of rotatable bonds is 6. The fourth-order valence-electron chi connectivity index (χ4n) is 3.95. The Morgan fingerprint density at radius 3 is 2.47 bits per heavy atom. The minimum Gasteiger partial charge on any atom is -0.490 e. The Balaban J connectivity index is 1.22. The highest BCUT2D eigenvalue weighted by atomic mass is 16.6.